The minimum absolute atomic E-state index is 0.0714. The number of hydrazine groups is 2. The smallest absolute Gasteiger partial charge is 0.266 e. The van der Waals surface area contributed by atoms with Crippen LogP contribution in [0.15, 0.2) is 40.2 Å². The zero-order valence-electron chi connectivity index (χ0n) is 12.2. The van der Waals surface area contributed by atoms with Gasteiger partial charge in [-0.3, -0.25) is 19.8 Å². The Balaban J connectivity index is 1.79. The maximum absolute atomic E-state index is 10.7. The van der Waals surface area contributed by atoms with E-state index in [0.717, 1.165) is 22.3 Å². The van der Waals surface area contributed by atoms with E-state index in [-0.39, 0.29) is 5.69 Å². The van der Waals surface area contributed by atoms with Crippen molar-refractivity contribution in [2.24, 2.45) is 5.10 Å². The molecular weight excluding hydrogens is 366 g/mol. The first-order valence-electron chi connectivity index (χ1n) is 6.91. The standard InChI is InChI=1S/C13H14BrN7O2/c1-2-19-12(14)11(7-15-19)13-16-17-18-20(13)8-9-3-5-10(6-4-9)21(22)23/h3-7,17-18H,2,8H2,1H3. The first kappa shape index (κ1) is 15.4. The topological polar surface area (TPSA) is 101 Å². The Labute approximate surface area is 140 Å². The van der Waals surface area contributed by atoms with E-state index >= 15 is 0 Å². The SMILES string of the molecule is CCn1ncc(C2=NNNN2Cc2ccc([N+](=O)[O-])cc2)c1Br. The quantitative estimate of drug-likeness (QED) is 0.606. The summed E-state index contributed by atoms with van der Waals surface area (Å²) in [5.74, 6) is 0.690. The highest BCUT2D eigenvalue weighted by molar-refractivity contribution is 9.10. The second-order valence-corrected chi connectivity index (χ2v) is 5.58. The Morgan fingerprint density at radius 2 is 2.09 bits per heavy atom. The molecule has 120 valence electrons. The van der Waals surface area contributed by atoms with E-state index in [1.165, 1.54) is 12.1 Å². The Hall–Kier alpha value is -2.46. The summed E-state index contributed by atoms with van der Waals surface area (Å²) >= 11 is 3.52. The summed E-state index contributed by atoms with van der Waals surface area (Å²) in [6, 6.07) is 6.42. The van der Waals surface area contributed by atoms with Crippen molar-refractivity contribution in [2.45, 2.75) is 20.0 Å². The van der Waals surface area contributed by atoms with Crippen LogP contribution >= 0.6 is 15.9 Å². The molecule has 0 amide bonds. The van der Waals surface area contributed by atoms with Gasteiger partial charge in [-0.1, -0.05) is 12.1 Å². The van der Waals surface area contributed by atoms with Gasteiger partial charge in [0, 0.05) is 18.7 Å². The van der Waals surface area contributed by atoms with E-state index < -0.39 is 4.92 Å². The molecule has 0 spiro atoms. The molecule has 0 unspecified atom stereocenters. The molecule has 0 aliphatic carbocycles. The predicted molar refractivity (Wildman–Crippen MR) is 87.0 cm³/mol. The van der Waals surface area contributed by atoms with E-state index in [1.807, 2.05) is 16.6 Å². The molecule has 1 aromatic heterocycles. The van der Waals surface area contributed by atoms with Gasteiger partial charge in [0.1, 0.15) is 4.60 Å². The van der Waals surface area contributed by atoms with Crippen molar-refractivity contribution in [1.29, 1.82) is 0 Å². The van der Waals surface area contributed by atoms with Crippen LogP contribution in [-0.2, 0) is 13.1 Å². The molecule has 0 atom stereocenters. The predicted octanol–water partition coefficient (Wildman–Crippen LogP) is 1.76. The monoisotopic (exact) mass is 379 g/mol. The molecule has 10 heteroatoms. The summed E-state index contributed by atoms with van der Waals surface area (Å²) in [5, 5.41) is 21.0. The van der Waals surface area contributed by atoms with Gasteiger partial charge in [-0.2, -0.15) is 5.10 Å². The fraction of sp³-hybridized carbons (Fsp3) is 0.231. The van der Waals surface area contributed by atoms with Crippen LogP contribution in [0.4, 0.5) is 5.69 Å². The summed E-state index contributed by atoms with van der Waals surface area (Å²) in [7, 11) is 0. The van der Waals surface area contributed by atoms with E-state index in [2.05, 4.69) is 37.2 Å². The van der Waals surface area contributed by atoms with Crippen molar-refractivity contribution in [3.05, 3.63) is 56.3 Å². The molecular formula is C13H14BrN7O2. The van der Waals surface area contributed by atoms with Gasteiger partial charge in [-0.05, 0) is 28.4 Å². The van der Waals surface area contributed by atoms with Crippen LogP contribution in [0.1, 0.15) is 18.1 Å². The molecule has 9 nitrogen and oxygen atoms in total. The molecule has 1 aliphatic rings. The lowest BCUT2D eigenvalue weighted by Gasteiger charge is -2.18. The van der Waals surface area contributed by atoms with Crippen molar-refractivity contribution in [2.75, 3.05) is 0 Å². The number of aromatic nitrogens is 2. The largest absolute Gasteiger partial charge is 0.269 e. The number of non-ortho nitro benzene ring substituents is 1. The lowest BCUT2D eigenvalue weighted by atomic mass is 10.2. The molecule has 1 aliphatic heterocycles. The van der Waals surface area contributed by atoms with E-state index in [9.17, 15) is 10.1 Å². The fourth-order valence-corrected chi connectivity index (χ4v) is 2.84. The van der Waals surface area contributed by atoms with Crippen LogP contribution < -0.4 is 11.1 Å². The highest BCUT2D eigenvalue weighted by Crippen LogP contribution is 2.21. The van der Waals surface area contributed by atoms with Crippen molar-refractivity contribution >= 4 is 27.5 Å². The van der Waals surface area contributed by atoms with Gasteiger partial charge in [-0.15, -0.1) is 10.6 Å². The molecule has 0 bridgehead atoms. The second-order valence-electron chi connectivity index (χ2n) is 4.83. The number of benzene rings is 1. The average molecular weight is 380 g/mol. The molecule has 23 heavy (non-hydrogen) atoms. The number of nitrogens with one attached hydrogen (secondary N) is 2. The van der Waals surface area contributed by atoms with Crippen molar-refractivity contribution in [1.82, 2.24) is 25.9 Å². The summed E-state index contributed by atoms with van der Waals surface area (Å²) in [5.41, 5.74) is 7.50. The van der Waals surface area contributed by atoms with Crippen LogP contribution in [0.3, 0.4) is 0 Å². The van der Waals surface area contributed by atoms with Crippen molar-refractivity contribution < 1.29 is 4.92 Å². The normalized spacial score (nSPS) is 13.8. The summed E-state index contributed by atoms with van der Waals surface area (Å²) in [4.78, 5) is 10.3. The van der Waals surface area contributed by atoms with Gasteiger partial charge in [0.2, 0.25) is 0 Å². The van der Waals surface area contributed by atoms with E-state index in [1.54, 1.807) is 18.3 Å². The minimum atomic E-state index is -0.414. The van der Waals surface area contributed by atoms with Crippen molar-refractivity contribution in [3.8, 4) is 0 Å². The summed E-state index contributed by atoms with van der Waals surface area (Å²) < 4.78 is 2.66. The molecule has 0 radical (unpaired) electrons. The van der Waals surface area contributed by atoms with Gasteiger partial charge in [0.05, 0.1) is 23.2 Å². The molecule has 1 aromatic carbocycles. The number of nitrogens with zero attached hydrogens (tertiary/aromatic N) is 5. The van der Waals surface area contributed by atoms with Crippen molar-refractivity contribution in [3.63, 3.8) is 0 Å². The Bertz CT molecular complexity index is 756. The molecule has 0 saturated heterocycles. The number of amidine groups is 1. The maximum Gasteiger partial charge on any atom is 0.269 e. The third kappa shape index (κ3) is 3.03. The number of rotatable bonds is 5. The zero-order valence-corrected chi connectivity index (χ0v) is 13.8. The number of nitro groups is 1. The molecule has 2 aromatic rings. The first-order chi connectivity index (χ1) is 11.1. The van der Waals surface area contributed by atoms with Crippen LogP contribution in [0, 0.1) is 10.1 Å². The van der Waals surface area contributed by atoms with Crippen LogP contribution in [-0.4, -0.2) is 25.5 Å². The minimum Gasteiger partial charge on any atom is -0.266 e. The summed E-state index contributed by atoms with van der Waals surface area (Å²) in [6.07, 6.45) is 1.74. The number of nitro benzene ring substituents is 1. The highest BCUT2D eigenvalue weighted by atomic mass is 79.9. The molecule has 0 saturated carbocycles. The van der Waals surface area contributed by atoms with Gasteiger partial charge in [-0.25, -0.2) is 5.53 Å². The van der Waals surface area contributed by atoms with E-state index in [0.29, 0.717) is 12.4 Å². The van der Waals surface area contributed by atoms with Gasteiger partial charge < -0.3 is 0 Å². The molecule has 3 rings (SSSR count). The summed E-state index contributed by atoms with van der Waals surface area (Å²) in [6.45, 7) is 3.24. The Kier molecular flexibility index (Phi) is 4.26. The average Bonchev–Trinajstić information content (AvgIpc) is 3.14. The number of hydrogen-bond donors (Lipinski definition) is 2. The number of aryl methyl sites for hydroxylation is 1. The third-order valence-corrected chi connectivity index (χ3v) is 4.24. The Morgan fingerprint density at radius 3 is 2.70 bits per heavy atom. The maximum atomic E-state index is 10.7. The fourth-order valence-electron chi connectivity index (χ4n) is 2.22. The highest BCUT2D eigenvalue weighted by Gasteiger charge is 2.23. The van der Waals surface area contributed by atoms with E-state index in [4.69, 9.17) is 0 Å². The van der Waals surface area contributed by atoms with Gasteiger partial charge >= 0.3 is 0 Å². The number of hydrogen-bond acceptors (Lipinski definition) is 7. The lowest BCUT2D eigenvalue weighted by Crippen LogP contribution is -2.40. The Morgan fingerprint density at radius 1 is 1.35 bits per heavy atom. The van der Waals surface area contributed by atoms with Crippen LogP contribution in [0.25, 0.3) is 0 Å². The molecule has 2 N–H and O–H groups in total. The number of halogens is 1. The molecule has 2 heterocycles. The number of hydrazone groups is 1. The zero-order chi connectivity index (χ0) is 16.4. The third-order valence-electron chi connectivity index (χ3n) is 3.41. The molecule has 0 fully saturated rings. The lowest BCUT2D eigenvalue weighted by molar-refractivity contribution is -0.384. The van der Waals surface area contributed by atoms with Gasteiger partial charge in [0.15, 0.2) is 5.84 Å². The van der Waals surface area contributed by atoms with Crippen LogP contribution in [0.2, 0.25) is 0 Å². The van der Waals surface area contributed by atoms with Crippen LogP contribution in [0.5, 0.6) is 0 Å². The second kappa shape index (κ2) is 6.34. The van der Waals surface area contributed by atoms with Gasteiger partial charge in [0.25, 0.3) is 5.69 Å². The first-order valence-corrected chi connectivity index (χ1v) is 7.70.